The summed E-state index contributed by atoms with van der Waals surface area (Å²) < 4.78 is 1.90. The Labute approximate surface area is 194 Å². The van der Waals surface area contributed by atoms with Gasteiger partial charge < -0.3 is 25.2 Å². The molecule has 1 fully saturated rings. The van der Waals surface area contributed by atoms with E-state index in [1.54, 1.807) is 6.20 Å². The van der Waals surface area contributed by atoms with Gasteiger partial charge in [0.25, 0.3) is 11.8 Å². The second-order valence-electron chi connectivity index (χ2n) is 8.85. The summed E-state index contributed by atoms with van der Waals surface area (Å²) in [6, 6.07) is 9.49. The summed E-state index contributed by atoms with van der Waals surface area (Å²) in [4.78, 5) is 39.5. The Hall–Kier alpha value is -3.13. The molecular weight excluding hydrogens is 420 g/mol. The van der Waals surface area contributed by atoms with E-state index in [0.717, 1.165) is 50.9 Å². The highest BCUT2D eigenvalue weighted by Gasteiger charge is 2.31. The van der Waals surface area contributed by atoms with Crippen LogP contribution in [0.3, 0.4) is 0 Å². The zero-order valence-corrected chi connectivity index (χ0v) is 18.9. The number of carboxylic acid groups (broad SMARTS) is 1. The zero-order valence-electron chi connectivity index (χ0n) is 18.9. The van der Waals surface area contributed by atoms with Crippen molar-refractivity contribution in [2.75, 3.05) is 32.7 Å². The van der Waals surface area contributed by atoms with E-state index in [0.29, 0.717) is 35.8 Å². The monoisotopic (exact) mass is 452 g/mol. The molecular formula is C25H32N4O4. The number of aryl methyl sites for hydroxylation is 1. The minimum atomic E-state index is -0.967. The molecule has 0 unspecified atom stereocenters. The first-order valence-electron chi connectivity index (χ1n) is 11.8. The van der Waals surface area contributed by atoms with E-state index < -0.39 is 5.97 Å². The molecule has 0 spiro atoms. The average Bonchev–Trinajstić information content (AvgIpc) is 3.14. The lowest BCUT2D eigenvalue weighted by atomic mass is 9.94. The van der Waals surface area contributed by atoms with Gasteiger partial charge in [0.1, 0.15) is 5.69 Å². The summed E-state index contributed by atoms with van der Waals surface area (Å²) in [5.74, 6) is -0.723. The highest BCUT2D eigenvalue weighted by molar-refractivity contribution is 6.09. The van der Waals surface area contributed by atoms with E-state index in [9.17, 15) is 14.4 Å². The van der Waals surface area contributed by atoms with Crippen LogP contribution in [-0.4, -0.2) is 65.1 Å². The highest BCUT2D eigenvalue weighted by atomic mass is 16.4. The molecule has 0 saturated carbocycles. The number of amides is 2. The SMILES string of the molecule is O=C(O)CCNC(=O)c1cn2c(c1-c1ccccc1)C(=O)N(CCC1CCNCC1)CCC2. The van der Waals surface area contributed by atoms with E-state index in [-0.39, 0.29) is 24.8 Å². The Bertz CT molecular complexity index is 995. The van der Waals surface area contributed by atoms with Gasteiger partial charge in [0.05, 0.1) is 12.0 Å². The first-order valence-corrected chi connectivity index (χ1v) is 11.8. The lowest BCUT2D eigenvalue weighted by Crippen LogP contribution is -2.35. The maximum atomic E-state index is 13.7. The van der Waals surface area contributed by atoms with Crippen LogP contribution in [0.5, 0.6) is 0 Å². The quantitative estimate of drug-likeness (QED) is 0.571. The molecule has 0 aliphatic carbocycles. The van der Waals surface area contributed by atoms with E-state index >= 15 is 0 Å². The first-order chi connectivity index (χ1) is 16.0. The van der Waals surface area contributed by atoms with Gasteiger partial charge in [0, 0.05) is 37.9 Å². The molecule has 8 nitrogen and oxygen atoms in total. The van der Waals surface area contributed by atoms with Crippen LogP contribution >= 0.6 is 0 Å². The number of fused-ring (bicyclic) bond motifs is 1. The Morgan fingerprint density at radius 1 is 1.12 bits per heavy atom. The summed E-state index contributed by atoms with van der Waals surface area (Å²) in [7, 11) is 0. The van der Waals surface area contributed by atoms with E-state index in [1.165, 1.54) is 0 Å². The van der Waals surface area contributed by atoms with Crippen LogP contribution in [0.15, 0.2) is 36.5 Å². The number of rotatable bonds is 8. The van der Waals surface area contributed by atoms with Crippen molar-refractivity contribution in [3.63, 3.8) is 0 Å². The van der Waals surface area contributed by atoms with E-state index in [1.807, 2.05) is 39.8 Å². The number of benzene rings is 1. The van der Waals surface area contributed by atoms with Crippen LogP contribution in [0.1, 0.15) is 53.0 Å². The average molecular weight is 453 g/mol. The van der Waals surface area contributed by atoms with Gasteiger partial charge in [-0.2, -0.15) is 0 Å². The third kappa shape index (κ3) is 5.45. The lowest BCUT2D eigenvalue weighted by molar-refractivity contribution is -0.136. The molecule has 4 rings (SSSR count). The Morgan fingerprint density at radius 2 is 1.88 bits per heavy atom. The van der Waals surface area contributed by atoms with Crippen LogP contribution in [0.4, 0.5) is 0 Å². The second-order valence-corrected chi connectivity index (χ2v) is 8.85. The van der Waals surface area contributed by atoms with Crippen molar-refractivity contribution in [2.45, 2.75) is 38.6 Å². The number of aliphatic carboxylic acids is 1. The van der Waals surface area contributed by atoms with Crippen molar-refractivity contribution >= 4 is 17.8 Å². The number of aromatic nitrogens is 1. The van der Waals surface area contributed by atoms with Crippen molar-refractivity contribution in [2.24, 2.45) is 5.92 Å². The van der Waals surface area contributed by atoms with Crippen LogP contribution in [0.25, 0.3) is 11.1 Å². The first kappa shape index (κ1) is 23.0. The van der Waals surface area contributed by atoms with Crippen molar-refractivity contribution in [1.29, 1.82) is 0 Å². The van der Waals surface area contributed by atoms with E-state index in [4.69, 9.17) is 5.11 Å². The molecule has 1 aromatic carbocycles. The molecule has 3 heterocycles. The summed E-state index contributed by atoms with van der Waals surface area (Å²) in [6.45, 7) is 4.22. The van der Waals surface area contributed by atoms with E-state index in [2.05, 4.69) is 10.6 Å². The molecule has 2 aliphatic heterocycles. The largest absolute Gasteiger partial charge is 0.481 e. The van der Waals surface area contributed by atoms with Gasteiger partial charge in [0.15, 0.2) is 0 Å². The molecule has 33 heavy (non-hydrogen) atoms. The summed E-state index contributed by atoms with van der Waals surface area (Å²) in [6.07, 6.45) is 5.72. The van der Waals surface area contributed by atoms with Crippen LogP contribution < -0.4 is 10.6 Å². The fraction of sp³-hybridized carbons (Fsp3) is 0.480. The number of piperidine rings is 1. The fourth-order valence-corrected chi connectivity index (χ4v) is 4.81. The van der Waals surface area contributed by atoms with Crippen molar-refractivity contribution in [3.8, 4) is 11.1 Å². The van der Waals surface area contributed by atoms with Crippen molar-refractivity contribution < 1.29 is 19.5 Å². The van der Waals surface area contributed by atoms with Crippen LogP contribution in [-0.2, 0) is 11.3 Å². The fourth-order valence-electron chi connectivity index (χ4n) is 4.81. The van der Waals surface area contributed by atoms with Gasteiger partial charge in [-0.25, -0.2) is 0 Å². The Kier molecular flexibility index (Phi) is 7.44. The van der Waals surface area contributed by atoms with Crippen molar-refractivity contribution in [1.82, 2.24) is 20.1 Å². The van der Waals surface area contributed by atoms with Crippen molar-refractivity contribution in [3.05, 3.63) is 47.8 Å². The molecule has 0 bridgehead atoms. The smallest absolute Gasteiger partial charge is 0.305 e. The third-order valence-electron chi connectivity index (χ3n) is 6.59. The summed E-state index contributed by atoms with van der Waals surface area (Å²) in [5, 5.41) is 15.0. The number of carboxylic acids is 1. The van der Waals surface area contributed by atoms with Crippen LogP contribution in [0, 0.1) is 5.92 Å². The topological polar surface area (TPSA) is 104 Å². The molecule has 2 amide bonds. The molecule has 0 atom stereocenters. The van der Waals surface area contributed by atoms with Crippen LogP contribution in [0.2, 0.25) is 0 Å². The zero-order chi connectivity index (χ0) is 23.2. The molecule has 3 N–H and O–H groups in total. The highest BCUT2D eigenvalue weighted by Crippen LogP contribution is 2.32. The van der Waals surface area contributed by atoms with Gasteiger partial charge in [-0.3, -0.25) is 14.4 Å². The molecule has 2 aliphatic rings. The maximum Gasteiger partial charge on any atom is 0.305 e. The normalized spacial score (nSPS) is 16.8. The number of carbonyl (C=O) groups excluding carboxylic acids is 2. The number of carbonyl (C=O) groups is 3. The Morgan fingerprint density at radius 3 is 2.61 bits per heavy atom. The number of nitrogens with zero attached hydrogens (tertiary/aromatic N) is 2. The van der Waals surface area contributed by atoms with Gasteiger partial charge in [0.2, 0.25) is 0 Å². The molecule has 1 aromatic heterocycles. The van der Waals surface area contributed by atoms with Gasteiger partial charge in [-0.15, -0.1) is 0 Å². The van der Waals surface area contributed by atoms with Gasteiger partial charge >= 0.3 is 5.97 Å². The Balaban J connectivity index is 1.62. The number of hydrogen-bond donors (Lipinski definition) is 3. The second kappa shape index (κ2) is 10.7. The number of nitrogens with one attached hydrogen (secondary N) is 2. The molecule has 176 valence electrons. The number of hydrogen-bond acceptors (Lipinski definition) is 4. The molecule has 1 saturated heterocycles. The van der Waals surface area contributed by atoms with Gasteiger partial charge in [-0.05, 0) is 50.3 Å². The molecule has 8 heteroatoms. The van der Waals surface area contributed by atoms with Gasteiger partial charge in [-0.1, -0.05) is 30.3 Å². The summed E-state index contributed by atoms with van der Waals surface area (Å²) >= 11 is 0. The molecule has 0 radical (unpaired) electrons. The third-order valence-corrected chi connectivity index (χ3v) is 6.59. The minimum absolute atomic E-state index is 0.0372. The lowest BCUT2D eigenvalue weighted by Gasteiger charge is -2.27. The molecule has 2 aromatic rings. The predicted octanol–water partition coefficient (Wildman–Crippen LogP) is 2.60. The standard InChI is InChI=1S/C25H32N4O4/c30-21(31)9-13-27-24(32)20-17-29-15-4-14-28(16-10-18-7-11-26-12-8-18)25(33)23(29)22(20)19-5-2-1-3-6-19/h1-3,5-6,17-18,26H,4,7-16H2,(H,27,32)(H,30,31). The summed E-state index contributed by atoms with van der Waals surface area (Å²) in [5.41, 5.74) is 2.40. The maximum absolute atomic E-state index is 13.7. The predicted molar refractivity (Wildman–Crippen MR) is 125 cm³/mol. The minimum Gasteiger partial charge on any atom is -0.481 e.